The maximum Gasteiger partial charge on any atom is 0.176 e. The van der Waals surface area contributed by atoms with Crippen molar-refractivity contribution in [1.82, 2.24) is 0 Å². The van der Waals surface area contributed by atoms with Gasteiger partial charge in [0.1, 0.15) is 0 Å². The highest BCUT2D eigenvalue weighted by Gasteiger charge is 2.40. The first-order valence-corrected chi connectivity index (χ1v) is 6.37. The number of hydrogen-bond donors (Lipinski definition) is 1. The highest BCUT2D eigenvalue weighted by Crippen LogP contribution is 2.43. The Bertz CT molecular complexity index is 569. The van der Waals surface area contributed by atoms with Gasteiger partial charge in [-0.3, -0.25) is 0 Å². The van der Waals surface area contributed by atoms with Gasteiger partial charge >= 0.3 is 0 Å². The fourth-order valence-electron chi connectivity index (χ4n) is 2.09. The van der Waals surface area contributed by atoms with Crippen LogP contribution < -0.4 is 4.74 Å². The third-order valence-electron chi connectivity index (χ3n) is 3.28. The summed E-state index contributed by atoms with van der Waals surface area (Å²) >= 11 is 3.58. The standard InChI is InChI=1S/C13H13BrO3/c1-16-10-6-8(7-13(15)3-4-13)11(14)9-2-5-17-12(9)10/h2,5-6,15H,3-4,7H2,1H3. The van der Waals surface area contributed by atoms with E-state index in [0.717, 1.165) is 33.8 Å². The van der Waals surface area contributed by atoms with Crippen LogP contribution in [0.4, 0.5) is 0 Å². The molecule has 1 heterocycles. The molecule has 3 nitrogen and oxygen atoms in total. The summed E-state index contributed by atoms with van der Waals surface area (Å²) in [6.45, 7) is 0. The summed E-state index contributed by atoms with van der Waals surface area (Å²) in [6, 6.07) is 3.84. The Labute approximate surface area is 108 Å². The minimum atomic E-state index is -0.509. The van der Waals surface area contributed by atoms with Crippen molar-refractivity contribution in [3.63, 3.8) is 0 Å². The van der Waals surface area contributed by atoms with E-state index >= 15 is 0 Å². The van der Waals surface area contributed by atoms with Crippen LogP contribution in [-0.2, 0) is 6.42 Å². The van der Waals surface area contributed by atoms with Crippen molar-refractivity contribution in [2.45, 2.75) is 24.9 Å². The molecule has 1 aliphatic rings. The van der Waals surface area contributed by atoms with E-state index in [9.17, 15) is 5.11 Å². The molecule has 1 aliphatic carbocycles. The molecule has 0 amide bonds. The summed E-state index contributed by atoms with van der Waals surface area (Å²) in [5, 5.41) is 11.0. The van der Waals surface area contributed by atoms with Crippen molar-refractivity contribution in [2.24, 2.45) is 0 Å². The van der Waals surface area contributed by atoms with Crippen LogP contribution in [0.3, 0.4) is 0 Å². The van der Waals surface area contributed by atoms with Crippen LogP contribution in [0.15, 0.2) is 27.3 Å². The number of benzene rings is 1. The van der Waals surface area contributed by atoms with E-state index < -0.39 is 5.60 Å². The average molecular weight is 297 g/mol. The Morgan fingerprint density at radius 3 is 2.94 bits per heavy atom. The van der Waals surface area contributed by atoms with Gasteiger partial charge in [-0.2, -0.15) is 0 Å². The Kier molecular flexibility index (Phi) is 2.45. The van der Waals surface area contributed by atoms with Crippen molar-refractivity contribution >= 4 is 26.9 Å². The third kappa shape index (κ3) is 1.85. The largest absolute Gasteiger partial charge is 0.493 e. The predicted octanol–water partition coefficient (Wildman–Crippen LogP) is 3.27. The lowest BCUT2D eigenvalue weighted by Gasteiger charge is -2.12. The molecule has 90 valence electrons. The van der Waals surface area contributed by atoms with E-state index in [1.54, 1.807) is 13.4 Å². The minimum absolute atomic E-state index is 0.509. The first-order chi connectivity index (χ1) is 8.13. The topological polar surface area (TPSA) is 42.6 Å². The van der Waals surface area contributed by atoms with E-state index in [0.29, 0.717) is 12.2 Å². The Balaban J connectivity index is 2.13. The molecule has 0 aliphatic heterocycles. The molecule has 1 saturated carbocycles. The Morgan fingerprint density at radius 2 is 2.29 bits per heavy atom. The highest BCUT2D eigenvalue weighted by molar-refractivity contribution is 9.10. The lowest BCUT2D eigenvalue weighted by molar-refractivity contribution is 0.150. The Morgan fingerprint density at radius 1 is 1.53 bits per heavy atom. The number of ether oxygens (including phenoxy) is 1. The van der Waals surface area contributed by atoms with Gasteiger partial charge in [0, 0.05) is 16.3 Å². The number of halogens is 1. The molecule has 0 atom stereocenters. The maximum atomic E-state index is 10.0. The van der Waals surface area contributed by atoms with Gasteiger partial charge in [-0.25, -0.2) is 0 Å². The Hall–Kier alpha value is -1.00. The molecule has 0 saturated heterocycles. The van der Waals surface area contributed by atoms with E-state index in [4.69, 9.17) is 9.15 Å². The molecular weight excluding hydrogens is 284 g/mol. The van der Waals surface area contributed by atoms with E-state index in [2.05, 4.69) is 15.9 Å². The second-order valence-electron chi connectivity index (χ2n) is 4.62. The molecule has 1 aromatic heterocycles. The molecule has 4 heteroatoms. The molecule has 1 aromatic carbocycles. The van der Waals surface area contributed by atoms with Crippen LogP contribution >= 0.6 is 15.9 Å². The number of methoxy groups -OCH3 is 1. The van der Waals surface area contributed by atoms with Crippen molar-refractivity contribution < 1.29 is 14.3 Å². The van der Waals surface area contributed by atoms with Gasteiger partial charge in [-0.15, -0.1) is 0 Å². The van der Waals surface area contributed by atoms with Gasteiger partial charge in [0.05, 0.1) is 19.0 Å². The second kappa shape index (κ2) is 3.75. The SMILES string of the molecule is COc1cc(CC2(O)CC2)c(Br)c2ccoc12. The third-order valence-corrected chi connectivity index (χ3v) is 4.22. The van der Waals surface area contributed by atoms with Crippen molar-refractivity contribution in [3.8, 4) is 5.75 Å². The summed E-state index contributed by atoms with van der Waals surface area (Å²) in [6.07, 6.45) is 4.06. The molecular formula is C13H13BrO3. The summed E-state index contributed by atoms with van der Waals surface area (Å²) in [5.41, 5.74) is 1.30. The smallest absolute Gasteiger partial charge is 0.176 e. The van der Waals surface area contributed by atoms with Crippen LogP contribution in [-0.4, -0.2) is 17.8 Å². The number of furan rings is 1. The van der Waals surface area contributed by atoms with E-state index in [-0.39, 0.29) is 0 Å². The molecule has 3 rings (SSSR count). The zero-order valence-electron chi connectivity index (χ0n) is 9.50. The number of rotatable bonds is 3. The van der Waals surface area contributed by atoms with Crippen LogP contribution in [0.5, 0.6) is 5.75 Å². The van der Waals surface area contributed by atoms with Crippen molar-refractivity contribution in [3.05, 3.63) is 28.4 Å². The highest BCUT2D eigenvalue weighted by atomic mass is 79.9. The van der Waals surface area contributed by atoms with Crippen LogP contribution in [0.25, 0.3) is 11.0 Å². The molecule has 1 N–H and O–H groups in total. The number of hydrogen-bond acceptors (Lipinski definition) is 3. The first-order valence-electron chi connectivity index (χ1n) is 5.58. The fourth-order valence-corrected chi connectivity index (χ4v) is 2.66. The molecule has 0 radical (unpaired) electrons. The molecule has 1 fully saturated rings. The van der Waals surface area contributed by atoms with Gasteiger partial charge in [-0.1, -0.05) is 0 Å². The van der Waals surface area contributed by atoms with Gasteiger partial charge in [0.2, 0.25) is 0 Å². The quantitative estimate of drug-likeness (QED) is 0.945. The maximum absolute atomic E-state index is 10.0. The molecule has 17 heavy (non-hydrogen) atoms. The summed E-state index contributed by atoms with van der Waals surface area (Å²) in [7, 11) is 1.63. The number of aliphatic hydroxyl groups is 1. The monoisotopic (exact) mass is 296 g/mol. The van der Waals surface area contributed by atoms with E-state index in [1.807, 2.05) is 12.1 Å². The second-order valence-corrected chi connectivity index (χ2v) is 5.41. The van der Waals surface area contributed by atoms with Crippen LogP contribution in [0.1, 0.15) is 18.4 Å². The first kappa shape index (κ1) is 11.1. The van der Waals surface area contributed by atoms with Crippen LogP contribution in [0, 0.1) is 0 Å². The van der Waals surface area contributed by atoms with Crippen LogP contribution in [0.2, 0.25) is 0 Å². The average Bonchev–Trinajstić information content (AvgIpc) is 2.85. The summed E-state index contributed by atoms with van der Waals surface area (Å²) in [4.78, 5) is 0. The van der Waals surface area contributed by atoms with Gasteiger partial charge in [0.15, 0.2) is 11.3 Å². The van der Waals surface area contributed by atoms with Gasteiger partial charge in [0.25, 0.3) is 0 Å². The van der Waals surface area contributed by atoms with E-state index in [1.165, 1.54) is 0 Å². The van der Waals surface area contributed by atoms with Gasteiger partial charge < -0.3 is 14.3 Å². The minimum Gasteiger partial charge on any atom is -0.493 e. The normalized spacial score (nSPS) is 17.4. The molecule has 0 unspecified atom stereocenters. The fraction of sp³-hybridized carbons (Fsp3) is 0.385. The lowest BCUT2D eigenvalue weighted by Crippen LogP contribution is -2.11. The lowest BCUT2D eigenvalue weighted by atomic mass is 10.0. The van der Waals surface area contributed by atoms with Crippen molar-refractivity contribution in [2.75, 3.05) is 7.11 Å². The zero-order valence-corrected chi connectivity index (χ0v) is 11.1. The predicted molar refractivity (Wildman–Crippen MR) is 68.4 cm³/mol. The molecule has 0 bridgehead atoms. The summed E-state index contributed by atoms with van der Waals surface area (Å²) < 4.78 is 11.7. The summed E-state index contributed by atoms with van der Waals surface area (Å²) in [5.74, 6) is 0.715. The zero-order chi connectivity index (χ0) is 12.0. The van der Waals surface area contributed by atoms with Crippen molar-refractivity contribution in [1.29, 1.82) is 0 Å². The van der Waals surface area contributed by atoms with Gasteiger partial charge in [-0.05, 0) is 46.5 Å². The number of fused-ring (bicyclic) bond motifs is 1. The molecule has 0 spiro atoms. The molecule has 2 aromatic rings.